The fourth-order valence-corrected chi connectivity index (χ4v) is 4.84. The molecule has 2 aromatic carbocycles. The van der Waals surface area contributed by atoms with Gasteiger partial charge in [-0.25, -0.2) is 12.8 Å². The fourth-order valence-electron chi connectivity index (χ4n) is 3.40. The number of alkyl halides is 3. The van der Waals surface area contributed by atoms with Gasteiger partial charge in [0.2, 0.25) is 15.9 Å². The fraction of sp³-hybridized carbons (Fsp3) is 0.318. The zero-order valence-electron chi connectivity index (χ0n) is 17.6. The van der Waals surface area contributed by atoms with Gasteiger partial charge in [-0.05, 0) is 61.7 Å². The number of amides is 1. The van der Waals surface area contributed by atoms with Crippen LogP contribution in [0.1, 0.15) is 31.4 Å². The second kappa shape index (κ2) is 9.92. The lowest BCUT2D eigenvalue weighted by Crippen LogP contribution is -2.36. The number of carbonyl (C=O) groups excluding carboxylic acids is 1. The molecule has 0 aromatic heterocycles. The number of piperidine rings is 1. The van der Waals surface area contributed by atoms with Gasteiger partial charge in [0, 0.05) is 19.2 Å². The third-order valence-corrected chi connectivity index (χ3v) is 7.04. The molecule has 1 atom stereocenters. The topological polar surface area (TPSA) is 75.7 Å². The Labute approximate surface area is 188 Å². The summed E-state index contributed by atoms with van der Waals surface area (Å²) < 4.78 is 80.4. The molecule has 3 rings (SSSR count). The highest BCUT2D eigenvalue weighted by molar-refractivity contribution is 7.89. The van der Waals surface area contributed by atoms with Crippen molar-refractivity contribution in [3.8, 4) is 5.75 Å². The molecular weight excluding hydrogens is 464 g/mol. The van der Waals surface area contributed by atoms with Gasteiger partial charge in [-0.3, -0.25) is 4.79 Å². The predicted molar refractivity (Wildman–Crippen MR) is 112 cm³/mol. The van der Waals surface area contributed by atoms with E-state index in [1.165, 1.54) is 22.5 Å². The van der Waals surface area contributed by atoms with Crippen molar-refractivity contribution in [2.75, 3.05) is 13.1 Å². The van der Waals surface area contributed by atoms with Crippen LogP contribution >= 0.6 is 0 Å². The summed E-state index contributed by atoms with van der Waals surface area (Å²) >= 11 is 0. The Bertz CT molecular complexity index is 1100. The second-order valence-electron chi connectivity index (χ2n) is 7.51. The quantitative estimate of drug-likeness (QED) is 0.488. The highest BCUT2D eigenvalue weighted by atomic mass is 32.2. The van der Waals surface area contributed by atoms with Crippen LogP contribution in [0.3, 0.4) is 0 Å². The van der Waals surface area contributed by atoms with Gasteiger partial charge in [0.05, 0.1) is 10.9 Å². The van der Waals surface area contributed by atoms with Crippen LogP contribution in [0.2, 0.25) is 0 Å². The Morgan fingerprint density at radius 3 is 2.18 bits per heavy atom. The van der Waals surface area contributed by atoms with E-state index < -0.39 is 22.1 Å². The van der Waals surface area contributed by atoms with Crippen LogP contribution in [0.4, 0.5) is 17.6 Å². The third kappa shape index (κ3) is 6.78. The molecule has 178 valence electrons. The molecule has 1 unspecified atom stereocenters. The van der Waals surface area contributed by atoms with Crippen molar-refractivity contribution >= 4 is 15.9 Å². The summed E-state index contributed by atoms with van der Waals surface area (Å²) in [7, 11) is -3.89. The van der Waals surface area contributed by atoms with E-state index in [-0.39, 0.29) is 35.8 Å². The third-order valence-electron chi connectivity index (χ3n) is 5.12. The van der Waals surface area contributed by atoms with Crippen molar-refractivity contribution in [3.63, 3.8) is 0 Å². The van der Waals surface area contributed by atoms with Crippen LogP contribution in [-0.4, -0.2) is 38.1 Å². The number of benzene rings is 2. The molecule has 1 amide bonds. The minimum Gasteiger partial charge on any atom is -0.406 e. The van der Waals surface area contributed by atoms with Gasteiger partial charge < -0.3 is 10.1 Å². The zero-order chi connectivity index (χ0) is 24.2. The standard InChI is InChI=1S/C22H22F4N2O4S/c1-15(17-2-4-18(23)5-3-17)27-21(29)14-16-10-12-28(13-11-16)33(30,31)20-8-6-19(7-9-20)32-22(24,25)26/h2-9,14-15H,10-13H2,1H3,(H,27,29). The number of rotatable bonds is 6. The monoisotopic (exact) mass is 486 g/mol. The van der Waals surface area contributed by atoms with Crippen LogP contribution in [0, 0.1) is 5.82 Å². The second-order valence-corrected chi connectivity index (χ2v) is 9.45. The molecule has 1 N–H and O–H groups in total. The normalized spacial score (nSPS) is 16.2. The number of nitrogens with one attached hydrogen (secondary N) is 1. The first kappa shape index (κ1) is 24.7. The number of carbonyl (C=O) groups is 1. The van der Waals surface area contributed by atoms with Crippen LogP contribution < -0.4 is 10.1 Å². The van der Waals surface area contributed by atoms with Crippen molar-refractivity contribution < 1.29 is 35.5 Å². The molecule has 0 spiro atoms. The lowest BCUT2D eigenvalue weighted by atomic mass is 10.0. The van der Waals surface area contributed by atoms with Gasteiger partial charge in [0.1, 0.15) is 11.6 Å². The Morgan fingerprint density at radius 1 is 1.06 bits per heavy atom. The molecule has 0 bridgehead atoms. The molecule has 1 heterocycles. The summed E-state index contributed by atoms with van der Waals surface area (Å²) in [5.41, 5.74) is 1.52. The number of hydrogen-bond donors (Lipinski definition) is 1. The van der Waals surface area contributed by atoms with E-state index in [0.29, 0.717) is 12.8 Å². The molecule has 1 saturated heterocycles. The first-order valence-electron chi connectivity index (χ1n) is 10.1. The molecule has 0 aliphatic carbocycles. The van der Waals surface area contributed by atoms with Crippen molar-refractivity contribution in [2.45, 2.75) is 37.1 Å². The maximum absolute atomic E-state index is 13.0. The van der Waals surface area contributed by atoms with E-state index in [1.807, 2.05) is 0 Å². The molecule has 1 fully saturated rings. The van der Waals surface area contributed by atoms with Crippen molar-refractivity contribution in [1.29, 1.82) is 0 Å². The first-order chi connectivity index (χ1) is 15.4. The molecule has 1 aliphatic rings. The Morgan fingerprint density at radius 2 is 1.64 bits per heavy atom. The summed E-state index contributed by atoms with van der Waals surface area (Å²) in [4.78, 5) is 12.2. The number of hydrogen-bond acceptors (Lipinski definition) is 4. The summed E-state index contributed by atoms with van der Waals surface area (Å²) in [6, 6.07) is 9.46. The van der Waals surface area contributed by atoms with Crippen LogP contribution in [0.5, 0.6) is 5.75 Å². The minimum atomic E-state index is -4.86. The Hall–Kier alpha value is -2.92. The largest absolute Gasteiger partial charge is 0.573 e. The van der Waals surface area contributed by atoms with E-state index in [1.54, 1.807) is 19.1 Å². The van der Waals surface area contributed by atoms with E-state index in [2.05, 4.69) is 10.1 Å². The highest BCUT2D eigenvalue weighted by Crippen LogP contribution is 2.27. The van der Waals surface area contributed by atoms with Gasteiger partial charge in [-0.2, -0.15) is 4.31 Å². The van der Waals surface area contributed by atoms with Gasteiger partial charge in [-0.15, -0.1) is 13.2 Å². The Balaban J connectivity index is 1.57. The van der Waals surface area contributed by atoms with E-state index >= 15 is 0 Å². The van der Waals surface area contributed by atoms with Crippen molar-refractivity contribution in [3.05, 3.63) is 71.6 Å². The van der Waals surface area contributed by atoms with Gasteiger partial charge in [-0.1, -0.05) is 17.7 Å². The number of halogens is 4. The van der Waals surface area contributed by atoms with E-state index in [4.69, 9.17) is 0 Å². The van der Waals surface area contributed by atoms with Crippen LogP contribution in [0.25, 0.3) is 0 Å². The zero-order valence-corrected chi connectivity index (χ0v) is 18.4. The van der Waals surface area contributed by atoms with Crippen molar-refractivity contribution in [1.82, 2.24) is 9.62 Å². The van der Waals surface area contributed by atoms with E-state index in [0.717, 1.165) is 35.4 Å². The smallest absolute Gasteiger partial charge is 0.406 e. The number of sulfonamides is 1. The molecule has 0 saturated carbocycles. The molecule has 0 radical (unpaired) electrons. The molecule has 1 aliphatic heterocycles. The molecule has 6 nitrogen and oxygen atoms in total. The van der Waals surface area contributed by atoms with Gasteiger partial charge in [0.25, 0.3) is 0 Å². The van der Waals surface area contributed by atoms with Gasteiger partial charge in [0.15, 0.2) is 0 Å². The van der Waals surface area contributed by atoms with E-state index in [9.17, 15) is 30.8 Å². The van der Waals surface area contributed by atoms with Crippen molar-refractivity contribution in [2.24, 2.45) is 0 Å². The van der Waals surface area contributed by atoms with Gasteiger partial charge >= 0.3 is 6.36 Å². The van der Waals surface area contributed by atoms with Crippen LogP contribution in [-0.2, 0) is 14.8 Å². The highest BCUT2D eigenvalue weighted by Gasteiger charge is 2.32. The lowest BCUT2D eigenvalue weighted by molar-refractivity contribution is -0.274. The molecule has 11 heteroatoms. The first-order valence-corrected chi connectivity index (χ1v) is 11.5. The molecule has 2 aromatic rings. The average molecular weight is 486 g/mol. The molecular formula is C22H22F4N2O4S. The number of ether oxygens (including phenoxy) is 1. The summed E-state index contributed by atoms with van der Waals surface area (Å²) in [5.74, 6) is -1.21. The average Bonchev–Trinajstić information content (AvgIpc) is 2.73. The summed E-state index contributed by atoms with van der Waals surface area (Å²) in [6.45, 7) is 2.04. The molecule has 33 heavy (non-hydrogen) atoms. The minimum absolute atomic E-state index is 0.135. The SMILES string of the molecule is CC(NC(=O)C=C1CCN(S(=O)(=O)c2ccc(OC(F)(F)F)cc2)CC1)c1ccc(F)cc1. The lowest BCUT2D eigenvalue weighted by Gasteiger charge is -2.27. The maximum atomic E-state index is 13.0. The summed E-state index contributed by atoms with van der Waals surface area (Å²) in [5, 5.41) is 2.79. The number of nitrogens with zero attached hydrogens (tertiary/aromatic N) is 1. The maximum Gasteiger partial charge on any atom is 0.573 e. The predicted octanol–water partition coefficient (Wildman–Crippen LogP) is 4.31. The Kier molecular flexibility index (Phi) is 7.43. The summed E-state index contributed by atoms with van der Waals surface area (Å²) in [6.07, 6.45) is -2.74. The van der Waals surface area contributed by atoms with Crippen LogP contribution in [0.15, 0.2) is 65.1 Å².